The van der Waals surface area contributed by atoms with Crippen molar-refractivity contribution >= 4 is 46.6 Å². The van der Waals surface area contributed by atoms with E-state index in [1.54, 1.807) is 48.8 Å². The van der Waals surface area contributed by atoms with E-state index in [1.165, 1.54) is 11.3 Å². The third-order valence-electron chi connectivity index (χ3n) is 5.74. The summed E-state index contributed by atoms with van der Waals surface area (Å²) in [6.07, 6.45) is 1.68. The number of carbonyl (C=O) groups is 1. The summed E-state index contributed by atoms with van der Waals surface area (Å²) in [7, 11) is 0. The van der Waals surface area contributed by atoms with E-state index >= 15 is 0 Å². The van der Waals surface area contributed by atoms with Crippen molar-refractivity contribution in [1.82, 2.24) is 4.57 Å². The van der Waals surface area contributed by atoms with Crippen LogP contribution < -0.4 is 14.9 Å². The molecule has 0 radical (unpaired) electrons. The Labute approximate surface area is 220 Å². The summed E-state index contributed by atoms with van der Waals surface area (Å²) in [6.45, 7) is 3.73. The second-order valence-corrected chi connectivity index (χ2v) is 9.87. The minimum atomic E-state index is -0.646. The molecule has 0 N–H and O–H groups in total. The van der Waals surface area contributed by atoms with Gasteiger partial charge in [-0.2, -0.15) is 0 Å². The number of furan rings is 1. The summed E-state index contributed by atoms with van der Waals surface area (Å²) < 4.78 is 13.3. The highest BCUT2D eigenvalue weighted by Crippen LogP contribution is 2.31. The first kappa shape index (κ1) is 24.3. The van der Waals surface area contributed by atoms with Crippen molar-refractivity contribution in [2.24, 2.45) is 4.99 Å². The van der Waals surface area contributed by atoms with Gasteiger partial charge in [-0.3, -0.25) is 9.36 Å². The molecule has 2 aromatic heterocycles. The molecular formula is C27H20Cl2N2O4S. The van der Waals surface area contributed by atoms with Gasteiger partial charge in [0.1, 0.15) is 11.5 Å². The number of fused-ring (bicyclic) bond motifs is 1. The number of nitrogens with zero attached hydrogens (tertiary/aromatic N) is 2. The van der Waals surface area contributed by atoms with E-state index in [0.717, 1.165) is 11.1 Å². The topological polar surface area (TPSA) is 73.8 Å². The maximum absolute atomic E-state index is 13.6. The smallest absolute Gasteiger partial charge is 0.338 e. The molecule has 3 heterocycles. The molecule has 2 aromatic carbocycles. The van der Waals surface area contributed by atoms with Gasteiger partial charge in [0, 0.05) is 11.6 Å². The maximum Gasteiger partial charge on any atom is 0.338 e. The SMILES string of the molecule is CCOC(=O)C1=C(C)N=c2s/c(=C\c3ccc(-c4ccc(Cl)c(Cl)c4)o3)c(=O)n2[C@H]1c1ccccc1. The number of carbonyl (C=O) groups excluding carboxylic acids is 1. The number of benzene rings is 2. The molecule has 36 heavy (non-hydrogen) atoms. The Kier molecular flexibility index (Phi) is 6.71. The third-order valence-corrected chi connectivity index (χ3v) is 7.46. The van der Waals surface area contributed by atoms with E-state index in [1.807, 2.05) is 36.4 Å². The number of allylic oxidation sites excluding steroid dienone is 1. The molecule has 0 amide bonds. The van der Waals surface area contributed by atoms with E-state index in [2.05, 4.69) is 4.99 Å². The Morgan fingerprint density at radius 3 is 2.64 bits per heavy atom. The lowest BCUT2D eigenvalue weighted by Crippen LogP contribution is -2.39. The zero-order chi connectivity index (χ0) is 25.4. The summed E-state index contributed by atoms with van der Waals surface area (Å²) in [5.74, 6) is 0.605. The van der Waals surface area contributed by atoms with Gasteiger partial charge in [0.15, 0.2) is 4.80 Å². The predicted molar refractivity (Wildman–Crippen MR) is 141 cm³/mol. The highest BCUT2D eigenvalue weighted by atomic mass is 35.5. The molecule has 0 aliphatic carbocycles. The molecule has 4 aromatic rings. The monoisotopic (exact) mass is 538 g/mol. The molecule has 0 saturated heterocycles. The normalized spacial score (nSPS) is 15.6. The summed E-state index contributed by atoms with van der Waals surface area (Å²) in [4.78, 5) is 31.6. The molecule has 0 unspecified atom stereocenters. The van der Waals surface area contributed by atoms with Crippen LogP contribution in [0.15, 0.2) is 86.1 Å². The number of aromatic nitrogens is 1. The van der Waals surface area contributed by atoms with E-state index in [4.69, 9.17) is 32.4 Å². The number of rotatable bonds is 5. The molecule has 1 aliphatic rings. The number of thiazole rings is 1. The van der Waals surface area contributed by atoms with Gasteiger partial charge in [0.2, 0.25) is 0 Å². The van der Waals surface area contributed by atoms with Gasteiger partial charge in [-0.1, -0.05) is 64.9 Å². The number of hydrogen-bond acceptors (Lipinski definition) is 6. The summed E-state index contributed by atoms with van der Waals surface area (Å²) in [5.41, 5.74) is 2.16. The van der Waals surface area contributed by atoms with E-state index in [9.17, 15) is 9.59 Å². The van der Waals surface area contributed by atoms with Crippen LogP contribution in [0.25, 0.3) is 17.4 Å². The molecule has 0 bridgehead atoms. The molecule has 1 atom stereocenters. The quantitative estimate of drug-likeness (QED) is 0.320. The van der Waals surface area contributed by atoms with Gasteiger partial charge < -0.3 is 9.15 Å². The largest absolute Gasteiger partial charge is 0.463 e. The Hall–Kier alpha value is -3.39. The molecule has 6 nitrogen and oxygen atoms in total. The van der Waals surface area contributed by atoms with Gasteiger partial charge in [-0.25, -0.2) is 9.79 Å². The van der Waals surface area contributed by atoms with Crippen molar-refractivity contribution in [2.45, 2.75) is 19.9 Å². The Morgan fingerprint density at radius 1 is 1.14 bits per heavy atom. The highest BCUT2D eigenvalue weighted by molar-refractivity contribution is 7.07. The molecule has 182 valence electrons. The molecule has 9 heteroatoms. The van der Waals surface area contributed by atoms with Gasteiger partial charge in [0.05, 0.1) is 38.5 Å². The molecule has 1 aliphatic heterocycles. The van der Waals surface area contributed by atoms with Crippen molar-refractivity contribution in [3.63, 3.8) is 0 Å². The van der Waals surface area contributed by atoms with E-state index < -0.39 is 12.0 Å². The summed E-state index contributed by atoms with van der Waals surface area (Å²) in [6, 6.07) is 17.6. The Bertz CT molecular complexity index is 1680. The number of esters is 1. The fraction of sp³-hybridized carbons (Fsp3) is 0.148. The fourth-order valence-electron chi connectivity index (χ4n) is 4.11. The van der Waals surface area contributed by atoms with Crippen molar-refractivity contribution in [1.29, 1.82) is 0 Å². The lowest BCUT2D eigenvalue weighted by molar-refractivity contribution is -0.139. The van der Waals surface area contributed by atoms with Crippen molar-refractivity contribution < 1.29 is 13.9 Å². The number of hydrogen-bond donors (Lipinski definition) is 0. The molecule has 0 saturated carbocycles. The highest BCUT2D eigenvalue weighted by Gasteiger charge is 2.33. The first-order valence-corrected chi connectivity index (χ1v) is 12.7. The zero-order valence-electron chi connectivity index (χ0n) is 19.3. The first-order chi connectivity index (χ1) is 17.4. The summed E-state index contributed by atoms with van der Waals surface area (Å²) in [5, 5.41) is 0.882. The Balaban J connectivity index is 1.62. The first-order valence-electron chi connectivity index (χ1n) is 11.2. The predicted octanol–water partition coefficient (Wildman–Crippen LogP) is 5.37. The zero-order valence-corrected chi connectivity index (χ0v) is 21.7. The van der Waals surface area contributed by atoms with Crippen LogP contribution in [0.2, 0.25) is 10.0 Å². The van der Waals surface area contributed by atoms with Crippen LogP contribution in [0.5, 0.6) is 0 Å². The van der Waals surface area contributed by atoms with E-state index in [0.29, 0.717) is 42.2 Å². The maximum atomic E-state index is 13.6. The van der Waals surface area contributed by atoms with Crippen LogP contribution in [0, 0.1) is 0 Å². The van der Waals surface area contributed by atoms with Crippen LogP contribution in [0.1, 0.15) is 31.2 Å². The third kappa shape index (κ3) is 4.46. The average Bonchev–Trinajstić information content (AvgIpc) is 3.45. The number of ether oxygens (including phenoxy) is 1. The average molecular weight is 539 g/mol. The molecule has 0 fully saturated rings. The minimum absolute atomic E-state index is 0.223. The number of halogens is 2. The molecule has 0 spiro atoms. The standard InChI is InChI=1S/C27H20Cl2N2O4S/c1-3-34-26(33)23-15(2)30-27-31(24(23)16-7-5-4-6-8-16)25(32)22(36-27)14-18-10-12-21(35-18)17-9-11-19(28)20(29)13-17/h4-14,24H,3H2,1-2H3/b22-14-/t24-/m0/s1. The minimum Gasteiger partial charge on any atom is -0.463 e. The summed E-state index contributed by atoms with van der Waals surface area (Å²) >= 11 is 13.4. The van der Waals surface area contributed by atoms with Crippen molar-refractivity contribution in [2.75, 3.05) is 6.61 Å². The van der Waals surface area contributed by atoms with Crippen molar-refractivity contribution in [3.05, 3.63) is 113 Å². The van der Waals surface area contributed by atoms with Gasteiger partial charge in [0.25, 0.3) is 5.56 Å². The van der Waals surface area contributed by atoms with E-state index in [-0.39, 0.29) is 12.2 Å². The Morgan fingerprint density at radius 2 is 1.92 bits per heavy atom. The van der Waals surface area contributed by atoms with Crippen LogP contribution in [-0.4, -0.2) is 17.1 Å². The molecule has 5 rings (SSSR count). The second-order valence-electron chi connectivity index (χ2n) is 8.04. The second kappa shape index (κ2) is 9.93. The molecular weight excluding hydrogens is 519 g/mol. The lowest BCUT2D eigenvalue weighted by Gasteiger charge is -2.24. The van der Waals surface area contributed by atoms with Crippen molar-refractivity contribution in [3.8, 4) is 11.3 Å². The van der Waals surface area contributed by atoms with Crippen LogP contribution in [0.4, 0.5) is 0 Å². The van der Waals surface area contributed by atoms with Gasteiger partial charge in [-0.15, -0.1) is 0 Å². The lowest BCUT2D eigenvalue weighted by atomic mass is 9.96. The van der Waals surface area contributed by atoms with Crippen LogP contribution in [0.3, 0.4) is 0 Å². The van der Waals surface area contributed by atoms with Crippen LogP contribution >= 0.6 is 34.5 Å². The van der Waals surface area contributed by atoms with Crippen LogP contribution in [-0.2, 0) is 9.53 Å². The van der Waals surface area contributed by atoms with Gasteiger partial charge in [-0.05, 0) is 49.7 Å². The fourth-order valence-corrected chi connectivity index (χ4v) is 5.43. The van der Waals surface area contributed by atoms with Gasteiger partial charge >= 0.3 is 5.97 Å².